The number of methoxy groups -OCH3 is 1. The van der Waals surface area contributed by atoms with Crippen LogP contribution in [0.4, 0.5) is 5.69 Å². The summed E-state index contributed by atoms with van der Waals surface area (Å²) in [6.45, 7) is 3.76. The molecule has 1 atom stereocenters. The van der Waals surface area contributed by atoms with E-state index in [2.05, 4.69) is 10.4 Å². The molecule has 1 aromatic heterocycles. The molecule has 0 saturated carbocycles. The number of nitrogens with zero attached hydrogens (tertiary/aromatic N) is 3. The number of aromatic nitrogens is 2. The van der Waals surface area contributed by atoms with Crippen LogP contribution in [-0.2, 0) is 0 Å². The molecule has 3 aromatic carbocycles. The van der Waals surface area contributed by atoms with Crippen LogP contribution in [0.3, 0.4) is 0 Å². The number of rotatable bonds is 10. The average molecular weight is 565 g/mol. The number of carbonyl (C=O) groups is 1. The molecule has 200 valence electrons. The Bertz CT molecular complexity index is 1530. The molecule has 0 spiro atoms. The molecule has 0 amide bonds. The van der Waals surface area contributed by atoms with Gasteiger partial charge in [-0.15, -0.1) is 0 Å². The van der Waals surface area contributed by atoms with Crippen LogP contribution in [0.25, 0.3) is 5.69 Å². The van der Waals surface area contributed by atoms with Crippen molar-refractivity contribution in [3.8, 4) is 23.3 Å². The van der Waals surface area contributed by atoms with E-state index in [-0.39, 0.29) is 18.2 Å². The lowest BCUT2D eigenvalue weighted by atomic mass is 9.92. The Morgan fingerprint density at radius 2 is 1.77 bits per heavy atom. The first-order chi connectivity index (χ1) is 18.7. The number of aromatic carboxylic acids is 1. The Labute approximate surface area is 236 Å². The minimum Gasteiger partial charge on any atom is -0.494 e. The van der Waals surface area contributed by atoms with Gasteiger partial charge in [0, 0.05) is 15.6 Å². The van der Waals surface area contributed by atoms with Crippen LogP contribution in [0.15, 0.2) is 66.7 Å². The molecule has 0 aliphatic rings. The maximum atomic E-state index is 12.7. The van der Waals surface area contributed by atoms with E-state index in [0.717, 1.165) is 5.56 Å². The third kappa shape index (κ3) is 5.95. The first kappa shape index (κ1) is 27.8. The lowest BCUT2D eigenvalue weighted by Gasteiger charge is -2.25. The van der Waals surface area contributed by atoms with Gasteiger partial charge in [0.05, 0.1) is 24.5 Å². The fourth-order valence-electron chi connectivity index (χ4n) is 4.41. The summed E-state index contributed by atoms with van der Waals surface area (Å²) in [5.74, 6) is -0.396. The topological polar surface area (TPSA) is 109 Å². The highest BCUT2D eigenvalue weighted by Gasteiger charge is 2.33. The van der Waals surface area contributed by atoms with Gasteiger partial charge in [-0.05, 0) is 53.9 Å². The van der Waals surface area contributed by atoms with E-state index in [4.69, 9.17) is 37.9 Å². The SMILES string of the molecule is COc1ccccc1-n1nc(C(=O)O)c(C(Nc2cc(Cl)ccc2OCC#N)c2ccc(Cl)cc2)c1C(C)C. The largest absolute Gasteiger partial charge is 0.494 e. The number of carboxylic acid groups (broad SMARTS) is 1. The Kier molecular flexibility index (Phi) is 8.65. The zero-order valence-electron chi connectivity index (χ0n) is 21.5. The Morgan fingerprint density at radius 3 is 2.41 bits per heavy atom. The molecule has 0 radical (unpaired) electrons. The summed E-state index contributed by atoms with van der Waals surface area (Å²) < 4.78 is 12.8. The van der Waals surface area contributed by atoms with E-state index >= 15 is 0 Å². The summed E-state index contributed by atoms with van der Waals surface area (Å²) in [7, 11) is 1.55. The van der Waals surface area contributed by atoms with Gasteiger partial charge in [-0.3, -0.25) is 0 Å². The molecule has 10 heteroatoms. The molecule has 0 fully saturated rings. The molecule has 1 unspecified atom stereocenters. The molecule has 0 aliphatic carbocycles. The summed E-state index contributed by atoms with van der Waals surface area (Å²) >= 11 is 12.5. The third-order valence-electron chi connectivity index (χ3n) is 6.05. The number of anilines is 1. The van der Waals surface area contributed by atoms with Crippen molar-refractivity contribution in [2.75, 3.05) is 19.0 Å². The summed E-state index contributed by atoms with van der Waals surface area (Å²) in [6, 6.07) is 20.6. The number of nitrogens with one attached hydrogen (secondary N) is 1. The fourth-order valence-corrected chi connectivity index (χ4v) is 4.71. The van der Waals surface area contributed by atoms with Crippen LogP contribution >= 0.6 is 23.2 Å². The van der Waals surface area contributed by atoms with Crippen molar-refractivity contribution in [1.29, 1.82) is 5.26 Å². The van der Waals surface area contributed by atoms with Crippen molar-refractivity contribution in [2.45, 2.75) is 25.8 Å². The van der Waals surface area contributed by atoms with E-state index < -0.39 is 12.0 Å². The Balaban J connectivity index is 2.01. The summed E-state index contributed by atoms with van der Waals surface area (Å²) in [5, 5.41) is 28.4. The molecule has 4 aromatic rings. The van der Waals surface area contributed by atoms with Gasteiger partial charge in [0.25, 0.3) is 0 Å². The van der Waals surface area contributed by atoms with Crippen LogP contribution in [0, 0.1) is 11.3 Å². The maximum absolute atomic E-state index is 12.7. The number of nitriles is 1. The minimum absolute atomic E-state index is 0.126. The van der Waals surface area contributed by atoms with Gasteiger partial charge in [0.15, 0.2) is 12.3 Å². The lowest BCUT2D eigenvalue weighted by molar-refractivity contribution is 0.0688. The zero-order chi connectivity index (χ0) is 28.1. The van der Waals surface area contributed by atoms with Crippen molar-refractivity contribution in [3.05, 3.63) is 99.3 Å². The highest BCUT2D eigenvalue weighted by molar-refractivity contribution is 6.31. The van der Waals surface area contributed by atoms with Crippen molar-refractivity contribution in [1.82, 2.24) is 9.78 Å². The highest BCUT2D eigenvalue weighted by atomic mass is 35.5. The second-order valence-electron chi connectivity index (χ2n) is 8.91. The number of benzene rings is 3. The quantitative estimate of drug-likeness (QED) is 0.211. The number of halogens is 2. The van der Waals surface area contributed by atoms with Crippen molar-refractivity contribution in [2.24, 2.45) is 0 Å². The molecular weight excluding hydrogens is 539 g/mol. The highest BCUT2D eigenvalue weighted by Crippen LogP contribution is 2.40. The molecule has 1 heterocycles. The van der Waals surface area contributed by atoms with E-state index in [9.17, 15) is 9.90 Å². The number of ether oxygens (including phenoxy) is 2. The van der Waals surface area contributed by atoms with E-state index in [0.29, 0.717) is 44.2 Å². The number of hydrogen-bond donors (Lipinski definition) is 2. The summed E-state index contributed by atoms with van der Waals surface area (Å²) in [5.41, 5.74) is 2.82. The summed E-state index contributed by atoms with van der Waals surface area (Å²) in [6.07, 6.45) is 0. The maximum Gasteiger partial charge on any atom is 0.356 e. The normalized spacial score (nSPS) is 11.6. The first-order valence-corrected chi connectivity index (χ1v) is 12.8. The number of hydrogen-bond acceptors (Lipinski definition) is 6. The van der Waals surface area contributed by atoms with Gasteiger partial charge < -0.3 is 19.9 Å². The zero-order valence-corrected chi connectivity index (χ0v) is 23.0. The van der Waals surface area contributed by atoms with Crippen molar-refractivity contribution in [3.63, 3.8) is 0 Å². The molecule has 4 rings (SSSR count). The molecule has 0 aliphatic heterocycles. The molecule has 39 heavy (non-hydrogen) atoms. The van der Waals surface area contributed by atoms with Gasteiger partial charge >= 0.3 is 5.97 Å². The fraction of sp³-hybridized carbons (Fsp3) is 0.207. The first-order valence-electron chi connectivity index (χ1n) is 12.1. The predicted octanol–water partition coefficient (Wildman–Crippen LogP) is 7.11. The monoisotopic (exact) mass is 564 g/mol. The van der Waals surface area contributed by atoms with Crippen LogP contribution in [0.1, 0.15) is 53.1 Å². The lowest BCUT2D eigenvalue weighted by Crippen LogP contribution is -2.18. The Morgan fingerprint density at radius 1 is 1.08 bits per heavy atom. The van der Waals surface area contributed by atoms with E-state index in [1.807, 2.05) is 50.2 Å². The molecule has 0 saturated heterocycles. The van der Waals surface area contributed by atoms with Gasteiger partial charge in [-0.25, -0.2) is 9.48 Å². The van der Waals surface area contributed by atoms with Gasteiger partial charge in [-0.1, -0.05) is 61.3 Å². The molecule has 0 bridgehead atoms. The smallest absolute Gasteiger partial charge is 0.356 e. The van der Waals surface area contributed by atoms with Crippen LogP contribution in [0.2, 0.25) is 10.0 Å². The Hall–Kier alpha value is -4.19. The van der Waals surface area contributed by atoms with Crippen molar-refractivity contribution < 1.29 is 19.4 Å². The average Bonchev–Trinajstić information content (AvgIpc) is 3.33. The van der Waals surface area contributed by atoms with Crippen LogP contribution in [0.5, 0.6) is 11.5 Å². The van der Waals surface area contributed by atoms with Crippen LogP contribution < -0.4 is 14.8 Å². The minimum atomic E-state index is -1.19. The molecular formula is C29H26Cl2N4O4. The number of para-hydroxylation sites is 2. The standard InChI is InChI=1S/C29H26Cl2N4O4/c1-17(2)28-25(27(29(36)37)34-35(28)22-6-4-5-7-24(22)38-3)26(18-8-10-19(30)11-9-18)33-21-16-20(31)12-13-23(21)39-15-14-32/h4-13,16-17,26,33H,15H2,1-3H3,(H,36,37). The summed E-state index contributed by atoms with van der Waals surface area (Å²) in [4.78, 5) is 12.7. The van der Waals surface area contributed by atoms with E-state index in [1.54, 1.807) is 48.2 Å². The molecule has 2 N–H and O–H groups in total. The number of carboxylic acids is 1. The second kappa shape index (κ2) is 12.1. The predicted molar refractivity (Wildman–Crippen MR) is 151 cm³/mol. The third-order valence-corrected chi connectivity index (χ3v) is 6.53. The van der Waals surface area contributed by atoms with Crippen LogP contribution in [-0.4, -0.2) is 34.6 Å². The van der Waals surface area contributed by atoms with Crippen molar-refractivity contribution >= 4 is 34.9 Å². The second-order valence-corrected chi connectivity index (χ2v) is 9.78. The molecule has 8 nitrogen and oxygen atoms in total. The van der Waals surface area contributed by atoms with Gasteiger partial charge in [0.1, 0.15) is 23.3 Å². The van der Waals surface area contributed by atoms with Gasteiger partial charge in [0.2, 0.25) is 0 Å². The van der Waals surface area contributed by atoms with E-state index in [1.165, 1.54) is 0 Å². The van der Waals surface area contributed by atoms with Gasteiger partial charge in [-0.2, -0.15) is 10.4 Å².